The second-order valence-electron chi connectivity index (χ2n) is 3.99. The average Bonchev–Trinajstić information content (AvgIpc) is 2.73. The first-order valence-corrected chi connectivity index (χ1v) is 5.24. The standard InChI is InChI=1S/C12H11F3N2O/c1-7-6-16-17-10(7)8-2-4-9(5-3-8)11(18)12(13,14)15/h2-6,11,18H,1H3,(H,16,17). The molecule has 0 aliphatic heterocycles. The largest absolute Gasteiger partial charge is 0.418 e. The van der Waals surface area contributed by atoms with Gasteiger partial charge in [-0.3, -0.25) is 5.10 Å². The zero-order valence-electron chi connectivity index (χ0n) is 9.49. The van der Waals surface area contributed by atoms with Crippen molar-refractivity contribution in [1.29, 1.82) is 0 Å². The Kier molecular flexibility index (Phi) is 3.13. The monoisotopic (exact) mass is 256 g/mol. The Labute approximate surface area is 101 Å². The fourth-order valence-electron chi connectivity index (χ4n) is 1.66. The summed E-state index contributed by atoms with van der Waals surface area (Å²) < 4.78 is 36.9. The van der Waals surface area contributed by atoms with Gasteiger partial charge in [-0.1, -0.05) is 24.3 Å². The van der Waals surface area contributed by atoms with Gasteiger partial charge in [0.05, 0.1) is 11.9 Å². The number of rotatable bonds is 2. The highest BCUT2D eigenvalue weighted by Gasteiger charge is 2.39. The molecule has 1 unspecified atom stereocenters. The van der Waals surface area contributed by atoms with Crippen molar-refractivity contribution < 1.29 is 18.3 Å². The van der Waals surface area contributed by atoms with Crippen LogP contribution in [0, 0.1) is 6.92 Å². The van der Waals surface area contributed by atoms with Crippen molar-refractivity contribution in [1.82, 2.24) is 10.2 Å². The molecule has 0 aliphatic carbocycles. The third kappa shape index (κ3) is 2.38. The van der Waals surface area contributed by atoms with Gasteiger partial charge in [0.15, 0.2) is 6.10 Å². The van der Waals surface area contributed by atoms with Crippen molar-refractivity contribution in [3.05, 3.63) is 41.6 Å². The van der Waals surface area contributed by atoms with Crippen molar-refractivity contribution in [3.8, 4) is 11.3 Å². The van der Waals surface area contributed by atoms with E-state index >= 15 is 0 Å². The third-order valence-electron chi connectivity index (χ3n) is 2.65. The predicted molar refractivity (Wildman–Crippen MR) is 59.8 cm³/mol. The smallest absolute Gasteiger partial charge is 0.379 e. The van der Waals surface area contributed by atoms with Crippen LogP contribution in [0.15, 0.2) is 30.5 Å². The second-order valence-corrected chi connectivity index (χ2v) is 3.99. The first-order chi connectivity index (χ1) is 8.39. The van der Waals surface area contributed by atoms with Crippen LogP contribution in [0.1, 0.15) is 17.2 Å². The van der Waals surface area contributed by atoms with E-state index in [9.17, 15) is 13.2 Å². The van der Waals surface area contributed by atoms with E-state index in [2.05, 4.69) is 10.2 Å². The number of H-pyrrole nitrogens is 1. The number of aliphatic hydroxyl groups excluding tert-OH is 1. The fraction of sp³-hybridized carbons (Fsp3) is 0.250. The Morgan fingerprint density at radius 2 is 1.83 bits per heavy atom. The number of nitrogens with one attached hydrogen (secondary N) is 1. The molecule has 2 rings (SSSR count). The summed E-state index contributed by atoms with van der Waals surface area (Å²) >= 11 is 0. The van der Waals surface area contributed by atoms with Crippen LogP contribution in [0.4, 0.5) is 13.2 Å². The molecular formula is C12H11F3N2O. The Morgan fingerprint density at radius 3 is 2.28 bits per heavy atom. The van der Waals surface area contributed by atoms with Gasteiger partial charge in [-0.25, -0.2) is 0 Å². The molecule has 6 heteroatoms. The molecule has 18 heavy (non-hydrogen) atoms. The molecule has 96 valence electrons. The Balaban J connectivity index is 2.29. The van der Waals surface area contributed by atoms with E-state index in [1.807, 2.05) is 6.92 Å². The quantitative estimate of drug-likeness (QED) is 0.867. The van der Waals surface area contributed by atoms with Gasteiger partial charge in [0.25, 0.3) is 0 Å². The number of alkyl halides is 3. The number of aromatic amines is 1. The van der Waals surface area contributed by atoms with E-state index in [1.165, 1.54) is 24.3 Å². The minimum absolute atomic E-state index is 0.177. The van der Waals surface area contributed by atoms with Gasteiger partial charge in [0.2, 0.25) is 0 Å². The normalized spacial score (nSPS) is 13.6. The summed E-state index contributed by atoms with van der Waals surface area (Å²) in [5, 5.41) is 15.7. The van der Waals surface area contributed by atoms with Gasteiger partial charge in [-0.15, -0.1) is 0 Å². The first kappa shape index (κ1) is 12.6. The minimum atomic E-state index is -4.65. The molecule has 1 heterocycles. The highest BCUT2D eigenvalue weighted by molar-refractivity contribution is 5.62. The van der Waals surface area contributed by atoms with Crippen molar-refractivity contribution in [2.45, 2.75) is 19.2 Å². The van der Waals surface area contributed by atoms with E-state index in [-0.39, 0.29) is 5.56 Å². The number of hydrogen-bond acceptors (Lipinski definition) is 2. The number of benzene rings is 1. The van der Waals surface area contributed by atoms with Crippen molar-refractivity contribution in [3.63, 3.8) is 0 Å². The fourth-order valence-corrected chi connectivity index (χ4v) is 1.66. The Hall–Kier alpha value is -1.82. The Morgan fingerprint density at radius 1 is 1.22 bits per heavy atom. The molecule has 0 fully saturated rings. The molecule has 0 saturated carbocycles. The second kappa shape index (κ2) is 4.45. The van der Waals surface area contributed by atoms with Crippen molar-refractivity contribution >= 4 is 0 Å². The summed E-state index contributed by atoms with van der Waals surface area (Å²) in [4.78, 5) is 0. The highest BCUT2D eigenvalue weighted by atomic mass is 19.4. The van der Waals surface area contributed by atoms with E-state index in [0.717, 1.165) is 16.8 Å². The summed E-state index contributed by atoms with van der Waals surface area (Å²) in [6.45, 7) is 1.84. The molecule has 1 aromatic heterocycles. The number of hydrogen-bond donors (Lipinski definition) is 2. The lowest BCUT2D eigenvalue weighted by atomic mass is 10.0. The Bertz CT molecular complexity index is 531. The van der Waals surface area contributed by atoms with Gasteiger partial charge in [-0.05, 0) is 23.6 Å². The summed E-state index contributed by atoms with van der Waals surface area (Å²) in [6.07, 6.45) is -5.46. The zero-order chi connectivity index (χ0) is 13.3. The molecule has 1 aromatic carbocycles. The van der Waals surface area contributed by atoms with Crippen LogP contribution in [0.25, 0.3) is 11.3 Å². The number of nitrogens with zero attached hydrogens (tertiary/aromatic N) is 1. The van der Waals surface area contributed by atoms with Crippen molar-refractivity contribution in [2.75, 3.05) is 0 Å². The first-order valence-electron chi connectivity index (χ1n) is 5.24. The number of aryl methyl sites for hydroxylation is 1. The zero-order valence-corrected chi connectivity index (χ0v) is 9.49. The molecule has 2 aromatic rings. The summed E-state index contributed by atoms with van der Waals surface area (Å²) in [7, 11) is 0. The predicted octanol–water partition coefficient (Wildman–Crippen LogP) is 2.98. The third-order valence-corrected chi connectivity index (χ3v) is 2.65. The van der Waals surface area contributed by atoms with Gasteiger partial charge in [0, 0.05) is 0 Å². The maximum absolute atomic E-state index is 12.3. The van der Waals surface area contributed by atoms with Crippen LogP contribution in [0.2, 0.25) is 0 Å². The molecule has 0 saturated heterocycles. The van der Waals surface area contributed by atoms with E-state index in [4.69, 9.17) is 5.11 Å². The minimum Gasteiger partial charge on any atom is -0.379 e. The number of aromatic nitrogens is 2. The maximum atomic E-state index is 12.3. The summed E-state index contributed by atoms with van der Waals surface area (Å²) in [5.41, 5.74) is 2.20. The summed E-state index contributed by atoms with van der Waals surface area (Å²) in [5.74, 6) is 0. The molecule has 0 radical (unpaired) electrons. The number of halogens is 3. The van der Waals surface area contributed by atoms with Crippen LogP contribution in [-0.2, 0) is 0 Å². The highest BCUT2D eigenvalue weighted by Crippen LogP contribution is 2.33. The van der Waals surface area contributed by atoms with Gasteiger partial charge in [-0.2, -0.15) is 18.3 Å². The topological polar surface area (TPSA) is 48.9 Å². The van der Waals surface area contributed by atoms with E-state index < -0.39 is 12.3 Å². The van der Waals surface area contributed by atoms with Gasteiger partial charge >= 0.3 is 6.18 Å². The van der Waals surface area contributed by atoms with Gasteiger partial charge in [0.1, 0.15) is 0 Å². The molecule has 0 bridgehead atoms. The lowest BCUT2D eigenvalue weighted by Gasteiger charge is -2.14. The molecule has 1 atom stereocenters. The van der Waals surface area contributed by atoms with Crippen LogP contribution >= 0.6 is 0 Å². The lowest BCUT2D eigenvalue weighted by molar-refractivity contribution is -0.206. The molecule has 0 amide bonds. The summed E-state index contributed by atoms with van der Waals surface area (Å²) in [6, 6.07) is 5.55. The van der Waals surface area contributed by atoms with E-state index in [0.29, 0.717) is 0 Å². The van der Waals surface area contributed by atoms with Crippen molar-refractivity contribution in [2.24, 2.45) is 0 Å². The maximum Gasteiger partial charge on any atom is 0.418 e. The average molecular weight is 256 g/mol. The van der Waals surface area contributed by atoms with Crippen LogP contribution < -0.4 is 0 Å². The molecule has 0 aliphatic rings. The molecule has 0 spiro atoms. The van der Waals surface area contributed by atoms with Crippen LogP contribution in [-0.4, -0.2) is 21.5 Å². The van der Waals surface area contributed by atoms with Crippen LogP contribution in [0.3, 0.4) is 0 Å². The molecule has 3 nitrogen and oxygen atoms in total. The SMILES string of the molecule is Cc1cn[nH]c1-c1ccc(C(O)C(F)(F)F)cc1. The molecular weight excluding hydrogens is 245 g/mol. The van der Waals surface area contributed by atoms with Crippen LogP contribution in [0.5, 0.6) is 0 Å². The van der Waals surface area contributed by atoms with Gasteiger partial charge < -0.3 is 5.11 Å². The van der Waals surface area contributed by atoms with E-state index in [1.54, 1.807) is 6.20 Å². The number of aliphatic hydroxyl groups is 1. The lowest BCUT2D eigenvalue weighted by Crippen LogP contribution is -2.19. The molecule has 2 N–H and O–H groups in total.